The molecule has 3 unspecified atom stereocenters. The summed E-state index contributed by atoms with van der Waals surface area (Å²) in [6.07, 6.45) is 6.13. The Morgan fingerprint density at radius 3 is 2.38 bits per heavy atom. The average molecular weight is 183 g/mol. The molecule has 2 rings (SSSR count). The molecule has 0 amide bonds. The van der Waals surface area contributed by atoms with Crippen molar-refractivity contribution < 1.29 is 5.11 Å². The van der Waals surface area contributed by atoms with Crippen molar-refractivity contribution >= 4 is 0 Å². The second kappa shape index (κ2) is 3.58. The van der Waals surface area contributed by atoms with Gasteiger partial charge in [0.1, 0.15) is 0 Å². The van der Waals surface area contributed by atoms with Crippen LogP contribution >= 0.6 is 0 Å². The van der Waals surface area contributed by atoms with Gasteiger partial charge < -0.3 is 5.11 Å². The Morgan fingerprint density at radius 1 is 1.23 bits per heavy atom. The van der Waals surface area contributed by atoms with E-state index in [2.05, 4.69) is 18.9 Å². The molecule has 1 N–H and O–H groups in total. The summed E-state index contributed by atoms with van der Waals surface area (Å²) in [5.74, 6) is 0.915. The smallest absolute Gasteiger partial charge is 0.0695 e. The molecule has 0 aromatic carbocycles. The van der Waals surface area contributed by atoms with Gasteiger partial charge in [-0.05, 0) is 52.0 Å². The summed E-state index contributed by atoms with van der Waals surface area (Å²) in [4.78, 5) is 2.41. The normalized spacial score (nSPS) is 36.9. The van der Waals surface area contributed by atoms with Crippen LogP contribution < -0.4 is 0 Å². The maximum Gasteiger partial charge on any atom is 0.0695 e. The van der Waals surface area contributed by atoms with Crippen molar-refractivity contribution in [1.82, 2.24) is 4.90 Å². The van der Waals surface area contributed by atoms with E-state index < -0.39 is 0 Å². The molecular weight excluding hydrogens is 162 g/mol. The molecule has 13 heavy (non-hydrogen) atoms. The van der Waals surface area contributed by atoms with Gasteiger partial charge in [-0.1, -0.05) is 0 Å². The first kappa shape index (κ1) is 9.47. The van der Waals surface area contributed by atoms with Crippen molar-refractivity contribution in [2.24, 2.45) is 5.92 Å². The lowest BCUT2D eigenvalue weighted by Crippen LogP contribution is -2.43. The standard InChI is InChI=1S/C11H21NO/c1-8(9-6-7-9)12(2)10-4-3-5-11(10)13/h8-11,13H,3-7H2,1-2H3. The highest BCUT2D eigenvalue weighted by atomic mass is 16.3. The number of aliphatic hydroxyl groups is 1. The van der Waals surface area contributed by atoms with Crippen LogP contribution in [-0.2, 0) is 0 Å². The molecule has 0 spiro atoms. The number of likely N-dealkylation sites (N-methyl/N-ethyl adjacent to an activating group) is 1. The molecule has 0 radical (unpaired) electrons. The van der Waals surface area contributed by atoms with Crippen LogP contribution in [0.3, 0.4) is 0 Å². The lowest BCUT2D eigenvalue weighted by Gasteiger charge is -2.32. The van der Waals surface area contributed by atoms with E-state index in [1.807, 2.05) is 0 Å². The highest BCUT2D eigenvalue weighted by Crippen LogP contribution is 2.37. The predicted molar refractivity (Wildman–Crippen MR) is 53.6 cm³/mol. The zero-order chi connectivity index (χ0) is 9.42. The first-order chi connectivity index (χ1) is 6.20. The van der Waals surface area contributed by atoms with Gasteiger partial charge in [0, 0.05) is 12.1 Å². The number of aliphatic hydroxyl groups excluding tert-OH is 1. The quantitative estimate of drug-likeness (QED) is 0.719. The van der Waals surface area contributed by atoms with E-state index in [-0.39, 0.29) is 6.10 Å². The fraction of sp³-hybridized carbons (Fsp3) is 1.00. The van der Waals surface area contributed by atoms with Gasteiger partial charge in [0.05, 0.1) is 6.10 Å². The maximum absolute atomic E-state index is 9.77. The van der Waals surface area contributed by atoms with Crippen molar-refractivity contribution in [2.45, 2.75) is 57.2 Å². The topological polar surface area (TPSA) is 23.5 Å². The maximum atomic E-state index is 9.77. The molecule has 2 fully saturated rings. The molecule has 0 heterocycles. The number of rotatable bonds is 3. The fourth-order valence-corrected chi connectivity index (χ4v) is 2.61. The third-order valence-corrected chi connectivity index (χ3v) is 3.91. The second-order valence-corrected chi connectivity index (χ2v) is 4.81. The minimum Gasteiger partial charge on any atom is -0.391 e. The molecular formula is C11H21NO. The van der Waals surface area contributed by atoms with Crippen molar-refractivity contribution in [3.8, 4) is 0 Å². The molecule has 2 heteroatoms. The number of nitrogens with zero attached hydrogens (tertiary/aromatic N) is 1. The van der Waals surface area contributed by atoms with Crippen LogP contribution in [0.25, 0.3) is 0 Å². The predicted octanol–water partition coefficient (Wildman–Crippen LogP) is 1.63. The highest BCUT2D eigenvalue weighted by molar-refractivity contribution is 4.91. The van der Waals surface area contributed by atoms with E-state index in [0.29, 0.717) is 12.1 Å². The summed E-state index contributed by atoms with van der Waals surface area (Å²) >= 11 is 0. The van der Waals surface area contributed by atoms with Crippen LogP contribution in [0.15, 0.2) is 0 Å². The average Bonchev–Trinajstić information content (AvgIpc) is 2.87. The van der Waals surface area contributed by atoms with Gasteiger partial charge in [-0.25, -0.2) is 0 Å². The Morgan fingerprint density at radius 2 is 1.92 bits per heavy atom. The van der Waals surface area contributed by atoms with Crippen LogP contribution in [0, 0.1) is 5.92 Å². The Balaban J connectivity index is 1.90. The Labute approximate surface area is 80.9 Å². The molecule has 2 aliphatic carbocycles. The summed E-state index contributed by atoms with van der Waals surface area (Å²) in [6.45, 7) is 2.31. The van der Waals surface area contributed by atoms with E-state index in [4.69, 9.17) is 0 Å². The minimum atomic E-state index is -0.0637. The first-order valence-electron chi connectivity index (χ1n) is 5.60. The molecule has 76 valence electrons. The molecule has 3 atom stereocenters. The van der Waals surface area contributed by atoms with Gasteiger partial charge in [0.25, 0.3) is 0 Å². The fourth-order valence-electron chi connectivity index (χ4n) is 2.61. The molecule has 0 bridgehead atoms. The van der Waals surface area contributed by atoms with Gasteiger partial charge in [0.15, 0.2) is 0 Å². The monoisotopic (exact) mass is 183 g/mol. The van der Waals surface area contributed by atoms with E-state index in [9.17, 15) is 5.11 Å². The summed E-state index contributed by atoms with van der Waals surface area (Å²) < 4.78 is 0. The summed E-state index contributed by atoms with van der Waals surface area (Å²) in [6, 6.07) is 1.12. The van der Waals surface area contributed by atoms with E-state index in [1.54, 1.807) is 0 Å². The largest absolute Gasteiger partial charge is 0.391 e. The zero-order valence-electron chi connectivity index (χ0n) is 8.74. The van der Waals surface area contributed by atoms with Gasteiger partial charge in [0.2, 0.25) is 0 Å². The Hall–Kier alpha value is -0.0800. The van der Waals surface area contributed by atoms with Crippen LogP contribution in [0.4, 0.5) is 0 Å². The SMILES string of the molecule is CC(C1CC1)N(C)C1CCCC1O. The summed E-state index contributed by atoms with van der Waals surface area (Å²) in [5, 5.41) is 9.77. The first-order valence-corrected chi connectivity index (χ1v) is 5.60. The zero-order valence-corrected chi connectivity index (χ0v) is 8.74. The summed E-state index contributed by atoms with van der Waals surface area (Å²) in [7, 11) is 2.18. The second-order valence-electron chi connectivity index (χ2n) is 4.81. The molecule has 0 aliphatic heterocycles. The van der Waals surface area contributed by atoms with Gasteiger partial charge in [-0.3, -0.25) is 4.90 Å². The minimum absolute atomic E-state index is 0.0637. The molecule has 2 aliphatic rings. The molecule has 2 saturated carbocycles. The van der Waals surface area contributed by atoms with E-state index in [1.165, 1.54) is 25.7 Å². The van der Waals surface area contributed by atoms with E-state index in [0.717, 1.165) is 12.3 Å². The van der Waals surface area contributed by atoms with Gasteiger partial charge in [-0.15, -0.1) is 0 Å². The van der Waals surface area contributed by atoms with Gasteiger partial charge >= 0.3 is 0 Å². The lowest BCUT2D eigenvalue weighted by atomic mass is 10.1. The lowest BCUT2D eigenvalue weighted by molar-refractivity contribution is 0.0600. The van der Waals surface area contributed by atoms with Crippen LogP contribution in [0.1, 0.15) is 39.0 Å². The van der Waals surface area contributed by atoms with Crippen molar-refractivity contribution in [3.05, 3.63) is 0 Å². The molecule has 2 nitrogen and oxygen atoms in total. The van der Waals surface area contributed by atoms with Crippen molar-refractivity contribution in [1.29, 1.82) is 0 Å². The highest BCUT2D eigenvalue weighted by Gasteiger charge is 2.36. The molecule has 0 saturated heterocycles. The third-order valence-electron chi connectivity index (χ3n) is 3.91. The van der Waals surface area contributed by atoms with Crippen LogP contribution in [0.2, 0.25) is 0 Å². The van der Waals surface area contributed by atoms with Crippen LogP contribution in [0.5, 0.6) is 0 Å². The Bertz CT molecular complexity index is 179. The Kier molecular flexibility index (Phi) is 2.61. The van der Waals surface area contributed by atoms with Crippen molar-refractivity contribution in [2.75, 3.05) is 7.05 Å². The van der Waals surface area contributed by atoms with Crippen molar-refractivity contribution in [3.63, 3.8) is 0 Å². The van der Waals surface area contributed by atoms with E-state index >= 15 is 0 Å². The number of hydrogen-bond donors (Lipinski definition) is 1. The summed E-state index contributed by atoms with van der Waals surface area (Å²) in [5.41, 5.74) is 0. The molecule has 0 aromatic heterocycles. The third kappa shape index (κ3) is 1.89. The van der Waals surface area contributed by atoms with Gasteiger partial charge in [-0.2, -0.15) is 0 Å². The molecule has 0 aromatic rings. The van der Waals surface area contributed by atoms with Crippen LogP contribution in [-0.4, -0.2) is 35.2 Å². The number of hydrogen-bond acceptors (Lipinski definition) is 2.